The number of hydrogen-bond donors (Lipinski definition) is 2. The topological polar surface area (TPSA) is 86.8 Å². The lowest BCUT2D eigenvalue weighted by molar-refractivity contribution is -0.106. The first-order chi connectivity index (χ1) is 18.5. The third-order valence-electron chi connectivity index (χ3n) is 6.61. The molecule has 3 aromatic rings. The summed E-state index contributed by atoms with van der Waals surface area (Å²) >= 11 is 5.92. The second-order valence-electron chi connectivity index (χ2n) is 8.90. The second kappa shape index (κ2) is 10.9. The van der Waals surface area contributed by atoms with Crippen LogP contribution in [-0.2, 0) is 4.79 Å². The molecular formula is C29H26ClN5O3. The molecule has 2 aliphatic heterocycles. The molecule has 9 heteroatoms. The highest BCUT2D eigenvalue weighted by Gasteiger charge is 2.27. The summed E-state index contributed by atoms with van der Waals surface area (Å²) in [7, 11) is 1.46. The summed E-state index contributed by atoms with van der Waals surface area (Å²) in [6.07, 6.45) is 9.93. The Labute approximate surface area is 226 Å². The van der Waals surface area contributed by atoms with E-state index < -0.39 is 5.91 Å². The van der Waals surface area contributed by atoms with Gasteiger partial charge in [0.05, 0.1) is 23.4 Å². The molecule has 3 heterocycles. The number of amides is 2. The van der Waals surface area contributed by atoms with Crippen molar-refractivity contribution in [3.05, 3.63) is 82.1 Å². The predicted octanol–water partition coefficient (Wildman–Crippen LogP) is 4.64. The first-order valence-electron chi connectivity index (χ1n) is 12.2. The Bertz CT molecular complexity index is 1430. The molecule has 0 unspecified atom stereocenters. The van der Waals surface area contributed by atoms with Crippen LogP contribution in [0.1, 0.15) is 34.3 Å². The zero-order valence-electron chi connectivity index (χ0n) is 20.8. The number of terminal acetylenes is 1. The van der Waals surface area contributed by atoms with E-state index in [2.05, 4.69) is 26.4 Å². The Balaban J connectivity index is 1.53. The molecule has 2 aromatic carbocycles. The molecule has 0 atom stereocenters. The van der Waals surface area contributed by atoms with Gasteiger partial charge in [-0.1, -0.05) is 29.7 Å². The number of rotatable bonds is 8. The van der Waals surface area contributed by atoms with Gasteiger partial charge in [-0.05, 0) is 48.4 Å². The number of ether oxygens (including phenoxy) is 1. The maximum atomic E-state index is 13.4. The SMILES string of the molecule is C#Cc1cc(OC)c(N(C=O)c2ccc(C(=C3CCN3)N3CCC3)cc2)c(C(=O)Nc2ccc(Cl)cn2)c1. The van der Waals surface area contributed by atoms with Crippen molar-refractivity contribution in [2.75, 3.05) is 37.0 Å². The number of carbonyl (C=O) groups excluding carboxylic acids is 2. The molecule has 1 aromatic heterocycles. The molecule has 0 aliphatic carbocycles. The summed E-state index contributed by atoms with van der Waals surface area (Å²) < 4.78 is 5.59. The van der Waals surface area contributed by atoms with Crippen LogP contribution in [0, 0.1) is 12.3 Å². The number of pyridine rings is 1. The van der Waals surface area contributed by atoms with Crippen LogP contribution < -0.4 is 20.3 Å². The van der Waals surface area contributed by atoms with Crippen molar-refractivity contribution in [1.29, 1.82) is 0 Å². The summed E-state index contributed by atoms with van der Waals surface area (Å²) in [5, 5.41) is 6.60. The molecule has 192 valence electrons. The average molecular weight is 528 g/mol. The number of carbonyl (C=O) groups is 2. The van der Waals surface area contributed by atoms with Crippen LogP contribution in [0.15, 0.2) is 60.4 Å². The zero-order chi connectivity index (χ0) is 26.6. The van der Waals surface area contributed by atoms with E-state index in [1.54, 1.807) is 24.3 Å². The van der Waals surface area contributed by atoms with Crippen molar-refractivity contribution in [3.8, 4) is 18.1 Å². The van der Waals surface area contributed by atoms with E-state index >= 15 is 0 Å². The van der Waals surface area contributed by atoms with E-state index in [0.29, 0.717) is 28.5 Å². The van der Waals surface area contributed by atoms with Gasteiger partial charge < -0.3 is 20.3 Å². The van der Waals surface area contributed by atoms with Gasteiger partial charge in [0.1, 0.15) is 17.3 Å². The smallest absolute Gasteiger partial charge is 0.259 e. The number of hydrogen-bond acceptors (Lipinski definition) is 6. The summed E-state index contributed by atoms with van der Waals surface area (Å²) in [6.45, 7) is 3.04. The first kappa shape index (κ1) is 25.2. The highest BCUT2D eigenvalue weighted by Crippen LogP contribution is 2.39. The van der Waals surface area contributed by atoms with Crippen LogP contribution >= 0.6 is 11.6 Å². The van der Waals surface area contributed by atoms with E-state index in [1.807, 2.05) is 24.3 Å². The van der Waals surface area contributed by atoms with Gasteiger partial charge in [0.2, 0.25) is 6.41 Å². The zero-order valence-corrected chi connectivity index (χ0v) is 21.6. The van der Waals surface area contributed by atoms with Crippen LogP contribution in [0.2, 0.25) is 5.02 Å². The van der Waals surface area contributed by atoms with Gasteiger partial charge in [0.15, 0.2) is 0 Å². The molecule has 38 heavy (non-hydrogen) atoms. The fourth-order valence-electron chi connectivity index (χ4n) is 4.46. The molecule has 2 fully saturated rings. The lowest BCUT2D eigenvalue weighted by atomic mass is 10.00. The lowest BCUT2D eigenvalue weighted by Crippen LogP contribution is -2.40. The van der Waals surface area contributed by atoms with Gasteiger partial charge >= 0.3 is 0 Å². The standard InChI is InChI=1S/C29H26ClN5O3/c1-3-19-15-23(29(37)33-26-10-7-21(30)17-32-26)28(25(16-19)38-2)35(18-36)22-8-5-20(6-9-22)27(24-11-12-31-24)34-13-4-14-34/h1,5-10,15-18,31H,4,11-14H2,2H3,(H,32,33,37). The van der Waals surface area contributed by atoms with Gasteiger partial charge in [-0.2, -0.15) is 0 Å². The largest absolute Gasteiger partial charge is 0.494 e. The number of halogens is 1. The molecule has 0 radical (unpaired) electrons. The van der Waals surface area contributed by atoms with Gasteiger partial charge in [-0.25, -0.2) is 4.98 Å². The van der Waals surface area contributed by atoms with Crippen molar-refractivity contribution in [2.45, 2.75) is 12.8 Å². The maximum Gasteiger partial charge on any atom is 0.259 e. The van der Waals surface area contributed by atoms with Crippen LogP contribution in [0.25, 0.3) is 5.70 Å². The molecule has 2 amide bonds. The monoisotopic (exact) mass is 527 g/mol. The highest BCUT2D eigenvalue weighted by atomic mass is 35.5. The summed E-state index contributed by atoms with van der Waals surface area (Å²) in [5.74, 6) is 2.62. The minimum Gasteiger partial charge on any atom is -0.494 e. The summed E-state index contributed by atoms with van der Waals surface area (Å²) in [5.41, 5.74) is 4.95. The van der Waals surface area contributed by atoms with Crippen molar-refractivity contribution in [1.82, 2.24) is 15.2 Å². The Morgan fingerprint density at radius 3 is 2.53 bits per heavy atom. The number of aromatic nitrogens is 1. The van der Waals surface area contributed by atoms with Crippen LogP contribution in [-0.4, -0.2) is 48.9 Å². The summed E-state index contributed by atoms with van der Waals surface area (Å²) in [6, 6.07) is 14.1. The van der Waals surface area contributed by atoms with Crippen LogP contribution in [0.4, 0.5) is 17.2 Å². The normalized spacial score (nSPS) is 15.2. The Morgan fingerprint density at radius 1 is 1.24 bits per heavy atom. The van der Waals surface area contributed by atoms with E-state index in [9.17, 15) is 9.59 Å². The highest BCUT2D eigenvalue weighted by molar-refractivity contribution is 6.30. The molecule has 2 saturated heterocycles. The Morgan fingerprint density at radius 2 is 2.00 bits per heavy atom. The Hall–Kier alpha value is -4.48. The van der Waals surface area contributed by atoms with Gasteiger partial charge in [-0.3, -0.25) is 14.5 Å². The van der Waals surface area contributed by atoms with Gasteiger partial charge in [0.25, 0.3) is 5.91 Å². The van der Waals surface area contributed by atoms with Crippen LogP contribution in [0.3, 0.4) is 0 Å². The van der Waals surface area contributed by atoms with E-state index in [0.717, 1.165) is 31.6 Å². The fourth-order valence-corrected chi connectivity index (χ4v) is 4.58. The predicted molar refractivity (Wildman–Crippen MR) is 149 cm³/mol. The number of nitrogens with one attached hydrogen (secondary N) is 2. The molecule has 5 rings (SSSR count). The average Bonchev–Trinajstić information content (AvgIpc) is 2.88. The third-order valence-corrected chi connectivity index (χ3v) is 6.84. The minimum absolute atomic E-state index is 0.160. The molecule has 2 N–H and O–H groups in total. The molecular weight excluding hydrogens is 502 g/mol. The van der Waals surface area contributed by atoms with Gasteiger partial charge in [-0.15, -0.1) is 6.42 Å². The second-order valence-corrected chi connectivity index (χ2v) is 9.34. The van der Waals surface area contributed by atoms with Crippen molar-refractivity contribution in [3.63, 3.8) is 0 Å². The molecule has 0 bridgehead atoms. The fraction of sp³-hybridized carbons (Fsp3) is 0.207. The van der Waals surface area contributed by atoms with Crippen molar-refractivity contribution in [2.24, 2.45) is 0 Å². The molecule has 2 aliphatic rings. The summed E-state index contributed by atoms with van der Waals surface area (Å²) in [4.78, 5) is 33.8. The minimum atomic E-state index is -0.505. The number of likely N-dealkylation sites (tertiary alicyclic amines) is 1. The molecule has 0 spiro atoms. The van der Waals surface area contributed by atoms with Gasteiger partial charge in [0, 0.05) is 49.2 Å². The van der Waals surface area contributed by atoms with Crippen molar-refractivity contribution >= 4 is 46.8 Å². The lowest BCUT2D eigenvalue weighted by Gasteiger charge is -2.39. The quantitative estimate of drug-likeness (QED) is 0.328. The maximum absolute atomic E-state index is 13.4. The van der Waals surface area contributed by atoms with E-state index in [-0.39, 0.29) is 17.0 Å². The number of anilines is 3. The van der Waals surface area contributed by atoms with Crippen LogP contribution in [0.5, 0.6) is 5.75 Å². The molecule has 0 saturated carbocycles. The van der Waals surface area contributed by atoms with E-state index in [1.165, 1.54) is 36.0 Å². The van der Waals surface area contributed by atoms with E-state index in [4.69, 9.17) is 22.8 Å². The first-order valence-corrected chi connectivity index (χ1v) is 12.6. The van der Waals surface area contributed by atoms with Crippen molar-refractivity contribution < 1.29 is 14.3 Å². The Kier molecular flexibility index (Phi) is 7.20. The third kappa shape index (κ3) is 4.89. The molecule has 8 nitrogen and oxygen atoms in total. The number of benzene rings is 2. The number of nitrogens with zero attached hydrogens (tertiary/aromatic N) is 3. The number of methoxy groups -OCH3 is 1.